The summed E-state index contributed by atoms with van der Waals surface area (Å²) in [6, 6.07) is 7.71. The highest BCUT2D eigenvalue weighted by Crippen LogP contribution is 2.24. The Morgan fingerprint density at radius 3 is 2.68 bits per heavy atom. The highest BCUT2D eigenvalue weighted by Gasteiger charge is 2.18. The maximum Gasteiger partial charge on any atom is 0.354 e. The van der Waals surface area contributed by atoms with Gasteiger partial charge in [0.15, 0.2) is 0 Å². The molecule has 19 heavy (non-hydrogen) atoms. The van der Waals surface area contributed by atoms with Gasteiger partial charge < -0.3 is 9.84 Å². The molecule has 0 bridgehead atoms. The lowest BCUT2D eigenvalue weighted by Gasteiger charge is -2.14. The standard InChI is InChI=1S/C14H15NO3S/c1-9-8-19-12(15-13(9)14(16)17)7-10-3-5-11(18-2)6-4-10/h3-6H,7-8H2,1-2H3,(H,16,17). The van der Waals surface area contributed by atoms with Crippen LogP contribution in [0.2, 0.25) is 0 Å². The van der Waals surface area contributed by atoms with Gasteiger partial charge >= 0.3 is 5.97 Å². The molecule has 1 N–H and O–H groups in total. The minimum absolute atomic E-state index is 0.183. The molecule has 0 saturated carbocycles. The summed E-state index contributed by atoms with van der Waals surface area (Å²) in [5.74, 6) is 0.547. The van der Waals surface area contributed by atoms with Gasteiger partial charge in [0.1, 0.15) is 11.4 Å². The van der Waals surface area contributed by atoms with Crippen molar-refractivity contribution in [1.29, 1.82) is 0 Å². The van der Waals surface area contributed by atoms with E-state index >= 15 is 0 Å². The average Bonchev–Trinajstić information content (AvgIpc) is 2.41. The Hall–Kier alpha value is -1.75. The van der Waals surface area contributed by atoms with Gasteiger partial charge in [0.05, 0.1) is 12.2 Å². The van der Waals surface area contributed by atoms with Crippen molar-refractivity contribution in [2.45, 2.75) is 13.3 Å². The summed E-state index contributed by atoms with van der Waals surface area (Å²) in [6.07, 6.45) is 0.652. The lowest BCUT2D eigenvalue weighted by atomic mass is 10.1. The van der Waals surface area contributed by atoms with Crippen LogP contribution in [0.25, 0.3) is 0 Å². The van der Waals surface area contributed by atoms with E-state index in [9.17, 15) is 4.79 Å². The summed E-state index contributed by atoms with van der Waals surface area (Å²) in [5.41, 5.74) is 2.09. The Kier molecular flexibility index (Phi) is 4.27. The number of ether oxygens (including phenoxy) is 1. The van der Waals surface area contributed by atoms with Crippen molar-refractivity contribution in [3.05, 3.63) is 41.1 Å². The van der Waals surface area contributed by atoms with Crippen molar-refractivity contribution in [2.24, 2.45) is 4.99 Å². The predicted molar refractivity (Wildman–Crippen MR) is 76.9 cm³/mol. The fourth-order valence-electron chi connectivity index (χ4n) is 1.75. The van der Waals surface area contributed by atoms with E-state index in [1.807, 2.05) is 31.2 Å². The van der Waals surface area contributed by atoms with Gasteiger partial charge in [0.25, 0.3) is 0 Å². The van der Waals surface area contributed by atoms with Crippen LogP contribution in [-0.4, -0.2) is 29.0 Å². The van der Waals surface area contributed by atoms with E-state index in [4.69, 9.17) is 9.84 Å². The van der Waals surface area contributed by atoms with Crippen LogP contribution < -0.4 is 4.74 Å². The molecule has 1 heterocycles. The van der Waals surface area contributed by atoms with Crippen molar-refractivity contribution in [1.82, 2.24) is 0 Å². The van der Waals surface area contributed by atoms with Gasteiger partial charge in [-0.3, -0.25) is 0 Å². The molecule has 1 aliphatic heterocycles. The third-order valence-corrected chi connectivity index (χ3v) is 3.96. The Bertz CT molecular complexity index is 546. The number of hydrogen-bond donors (Lipinski definition) is 1. The van der Waals surface area contributed by atoms with Crippen LogP contribution in [0.3, 0.4) is 0 Å². The van der Waals surface area contributed by atoms with Crippen molar-refractivity contribution in [3.63, 3.8) is 0 Å². The number of hydrogen-bond acceptors (Lipinski definition) is 4. The Morgan fingerprint density at radius 2 is 2.11 bits per heavy atom. The molecule has 0 aliphatic carbocycles. The molecule has 1 aliphatic rings. The van der Waals surface area contributed by atoms with Gasteiger partial charge in [0, 0.05) is 12.2 Å². The summed E-state index contributed by atoms with van der Waals surface area (Å²) in [4.78, 5) is 15.3. The Morgan fingerprint density at radius 1 is 1.42 bits per heavy atom. The first-order valence-electron chi connectivity index (χ1n) is 5.86. The van der Waals surface area contributed by atoms with Crippen molar-refractivity contribution >= 4 is 22.8 Å². The smallest absolute Gasteiger partial charge is 0.354 e. The van der Waals surface area contributed by atoms with Crippen LogP contribution >= 0.6 is 11.8 Å². The van der Waals surface area contributed by atoms with Crippen LogP contribution in [0, 0.1) is 0 Å². The molecule has 1 aromatic rings. The molecule has 0 radical (unpaired) electrons. The van der Waals surface area contributed by atoms with Crippen LogP contribution in [0.4, 0.5) is 0 Å². The number of benzene rings is 1. The fraction of sp³-hybridized carbons (Fsp3) is 0.286. The molecule has 0 aromatic heterocycles. The van der Waals surface area contributed by atoms with Gasteiger partial charge in [-0.05, 0) is 30.2 Å². The van der Waals surface area contributed by atoms with E-state index < -0.39 is 5.97 Å². The highest BCUT2D eigenvalue weighted by atomic mass is 32.2. The fourth-order valence-corrected chi connectivity index (χ4v) is 2.70. The largest absolute Gasteiger partial charge is 0.497 e. The number of aliphatic carboxylic acids is 1. The number of rotatable bonds is 4. The molecule has 100 valence electrons. The van der Waals surface area contributed by atoms with E-state index in [0.29, 0.717) is 12.2 Å². The minimum atomic E-state index is -0.954. The number of aliphatic imine (C=N–C) groups is 1. The van der Waals surface area contributed by atoms with E-state index in [1.165, 1.54) is 0 Å². The maximum atomic E-state index is 11.1. The van der Waals surface area contributed by atoms with E-state index in [-0.39, 0.29) is 5.70 Å². The zero-order valence-electron chi connectivity index (χ0n) is 10.8. The average molecular weight is 277 g/mol. The summed E-state index contributed by atoms with van der Waals surface area (Å²) >= 11 is 1.59. The van der Waals surface area contributed by atoms with Crippen LogP contribution in [0.5, 0.6) is 5.75 Å². The monoisotopic (exact) mass is 277 g/mol. The van der Waals surface area contributed by atoms with E-state index in [2.05, 4.69) is 4.99 Å². The second-order valence-electron chi connectivity index (χ2n) is 4.25. The zero-order chi connectivity index (χ0) is 13.8. The van der Waals surface area contributed by atoms with Crippen molar-refractivity contribution < 1.29 is 14.6 Å². The second-order valence-corrected chi connectivity index (χ2v) is 5.30. The Labute approximate surface area is 116 Å². The van der Waals surface area contributed by atoms with E-state index in [0.717, 1.165) is 21.9 Å². The van der Waals surface area contributed by atoms with Crippen molar-refractivity contribution in [2.75, 3.05) is 12.9 Å². The van der Waals surface area contributed by atoms with E-state index in [1.54, 1.807) is 18.9 Å². The normalized spacial score (nSPS) is 15.2. The quantitative estimate of drug-likeness (QED) is 0.919. The lowest BCUT2D eigenvalue weighted by molar-refractivity contribution is -0.132. The first-order valence-corrected chi connectivity index (χ1v) is 6.85. The van der Waals surface area contributed by atoms with Crippen LogP contribution in [-0.2, 0) is 11.2 Å². The molecule has 4 nitrogen and oxygen atoms in total. The number of nitrogens with zero attached hydrogens (tertiary/aromatic N) is 1. The summed E-state index contributed by atoms with van der Waals surface area (Å²) in [5, 5.41) is 9.91. The first-order chi connectivity index (χ1) is 9.10. The second kappa shape index (κ2) is 5.93. The van der Waals surface area contributed by atoms with Gasteiger partial charge in [-0.1, -0.05) is 12.1 Å². The molecule has 0 spiro atoms. The SMILES string of the molecule is COc1ccc(CC2=NC(C(=O)O)=C(C)CS2)cc1. The summed E-state index contributed by atoms with van der Waals surface area (Å²) in [7, 11) is 1.63. The molecule has 0 fully saturated rings. The van der Waals surface area contributed by atoms with Gasteiger partial charge in [-0.25, -0.2) is 9.79 Å². The molecular formula is C14H15NO3S. The third-order valence-electron chi connectivity index (χ3n) is 2.81. The molecule has 0 amide bonds. The van der Waals surface area contributed by atoms with Crippen molar-refractivity contribution in [3.8, 4) is 5.75 Å². The number of methoxy groups -OCH3 is 1. The number of carboxylic acids is 1. The molecule has 0 unspecified atom stereocenters. The molecule has 5 heteroatoms. The van der Waals surface area contributed by atoms with Gasteiger partial charge in [-0.15, -0.1) is 11.8 Å². The Balaban J connectivity index is 2.15. The number of carbonyl (C=O) groups is 1. The van der Waals surface area contributed by atoms with Gasteiger partial charge in [0.2, 0.25) is 0 Å². The predicted octanol–water partition coefficient (Wildman–Crippen LogP) is 2.74. The minimum Gasteiger partial charge on any atom is -0.497 e. The summed E-state index contributed by atoms with van der Waals surface area (Å²) < 4.78 is 5.10. The molecule has 0 atom stereocenters. The molecular weight excluding hydrogens is 262 g/mol. The molecule has 1 aromatic carbocycles. The van der Waals surface area contributed by atoms with Crippen LogP contribution in [0.15, 0.2) is 40.5 Å². The maximum absolute atomic E-state index is 11.1. The molecule has 2 rings (SSSR count). The van der Waals surface area contributed by atoms with Gasteiger partial charge in [-0.2, -0.15) is 0 Å². The summed E-state index contributed by atoms with van der Waals surface area (Å²) in [6.45, 7) is 1.81. The number of thioether (sulfide) groups is 1. The molecule has 0 saturated heterocycles. The third kappa shape index (κ3) is 3.38. The number of carboxylic acid groups (broad SMARTS) is 1. The topological polar surface area (TPSA) is 58.9 Å². The first kappa shape index (κ1) is 13.7. The lowest BCUT2D eigenvalue weighted by Crippen LogP contribution is -2.12. The highest BCUT2D eigenvalue weighted by molar-refractivity contribution is 8.14. The zero-order valence-corrected chi connectivity index (χ0v) is 11.7. The van der Waals surface area contributed by atoms with Crippen LogP contribution in [0.1, 0.15) is 12.5 Å².